The maximum Gasteiger partial charge on any atom is 0.343 e. The lowest BCUT2D eigenvalue weighted by atomic mass is 10.00. The van der Waals surface area contributed by atoms with Gasteiger partial charge in [0.25, 0.3) is 0 Å². The van der Waals surface area contributed by atoms with E-state index in [1.807, 2.05) is 12.3 Å². The van der Waals surface area contributed by atoms with Gasteiger partial charge in [-0.3, -0.25) is 5.01 Å². The van der Waals surface area contributed by atoms with Crippen molar-refractivity contribution in [2.75, 3.05) is 21.3 Å². The van der Waals surface area contributed by atoms with Crippen LogP contribution in [-0.2, 0) is 0 Å². The van der Waals surface area contributed by atoms with Gasteiger partial charge in [-0.05, 0) is 75.1 Å². The first-order chi connectivity index (χ1) is 15.0. The summed E-state index contributed by atoms with van der Waals surface area (Å²) in [6, 6.07) is 11.1. The van der Waals surface area contributed by atoms with Crippen molar-refractivity contribution in [1.29, 1.82) is 0 Å². The van der Waals surface area contributed by atoms with Gasteiger partial charge in [-0.1, -0.05) is 0 Å². The molecule has 0 amide bonds. The molecule has 1 heterocycles. The van der Waals surface area contributed by atoms with Gasteiger partial charge in [0.2, 0.25) is 0 Å². The molecule has 1 fully saturated rings. The number of esters is 1. The zero-order valence-electron chi connectivity index (χ0n) is 18.8. The summed E-state index contributed by atoms with van der Waals surface area (Å²) < 4.78 is 21.5. The van der Waals surface area contributed by atoms with E-state index in [1.165, 1.54) is 20.6 Å². The molecule has 2 atom stereocenters. The van der Waals surface area contributed by atoms with Crippen molar-refractivity contribution < 1.29 is 23.7 Å². The van der Waals surface area contributed by atoms with Crippen LogP contribution in [-0.4, -0.2) is 50.6 Å². The Hall–Kier alpha value is -3.22. The Labute approximate surface area is 183 Å². The first kappa shape index (κ1) is 22.5. The number of hydrogen-bond donors (Lipinski definition) is 0. The van der Waals surface area contributed by atoms with Gasteiger partial charge in [0.1, 0.15) is 0 Å². The minimum absolute atomic E-state index is 0.333. The molecule has 3 rings (SSSR count). The molecule has 2 aromatic rings. The number of hydrogen-bond acceptors (Lipinski definition) is 7. The summed E-state index contributed by atoms with van der Waals surface area (Å²) >= 11 is 0. The average Bonchev–Trinajstić information content (AvgIpc) is 2.78. The number of methoxy groups -OCH3 is 3. The van der Waals surface area contributed by atoms with Gasteiger partial charge >= 0.3 is 5.97 Å². The number of carbonyl (C=O) groups is 1. The first-order valence-electron chi connectivity index (χ1n) is 10.4. The molecule has 0 aromatic heterocycles. The standard InChI is InChI=1S/C24H30N2O5/c1-16-7-6-8-17(2)26(16)25-15-18-9-11-21(22(13-18)29-4)31-24(27)19-10-12-20(28-3)23(14-19)30-5/h9-17H,6-8H2,1-5H3/b25-15-/t16-,17-/m0/s1. The molecule has 7 nitrogen and oxygen atoms in total. The summed E-state index contributed by atoms with van der Waals surface area (Å²) in [4.78, 5) is 12.6. The summed E-state index contributed by atoms with van der Waals surface area (Å²) in [6.07, 6.45) is 5.36. The zero-order valence-corrected chi connectivity index (χ0v) is 18.8. The van der Waals surface area contributed by atoms with Gasteiger partial charge in [0.15, 0.2) is 23.0 Å². The SMILES string of the molecule is COc1ccc(C(=O)Oc2ccc(/C=N\N3[C@@H](C)CCC[C@@H]3C)cc2OC)cc1OC. The molecule has 1 aliphatic heterocycles. The second-order valence-corrected chi connectivity index (χ2v) is 7.62. The molecule has 2 aromatic carbocycles. The van der Waals surface area contributed by atoms with Crippen molar-refractivity contribution in [2.24, 2.45) is 5.10 Å². The van der Waals surface area contributed by atoms with Crippen LogP contribution in [0, 0.1) is 0 Å². The van der Waals surface area contributed by atoms with E-state index in [0.29, 0.717) is 40.6 Å². The molecule has 1 aliphatic rings. The van der Waals surface area contributed by atoms with Crippen LogP contribution < -0.4 is 18.9 Å². The maximum absolute atomic E-state index is 12.6. The molecule has 0 aliphatic carbocycles. The number of nitrogens with zero attached hydrogens (tertiary/aromatic N) is 2. The Morgan fingerprint density at radius 1 is 0.903 bits per heavy atom. The van der Waals surface area contributed by atoms with E-state index in [1.54, 1.807) is 37.4 Å². The highest BCUT2D eigenvalue weighted by Crippen LogP contribution is 2.31. The Morgan fingerprint density at radius 2 is 1.52 bits per heavy atom. The predicted molar refractivity (Wildman–Crippen MR) is 120 cm³/mol. The Morgan fingerprint density at radius 3 is 2.16 bits per heavy atom. The molecule has 31 heavy (non-hydrogen) atoms. The van der Waals surface area contributed by atoms with Crippen molar-refractivity contribution in [2.45, 2.75) is 45.2 Å². The van der Waals surface area contributed by atoms with Crippen molar-refractivity contribution >= 4 is 12.2 Å². The molecule has 7 heteroatoms. The van der Waals surface area contributed by atoms with E-state index >= 15 is 0 Å². The van der Waals surface area contributed by atoms with Crippen molar-refractivity contribution in [3.63, 3.8) is 0 Å². The third kappa shape index (κ3) is 5.29. The summed E-state index contributed by atoms with van der Waals surface area (Å²) in [5, 5.41) is 6.84. The van der Waals surface area contributed by atoms with Gasteiger partial charge < -0.3 is 18.9 Å². The fraction of sp³-hybridized carbons (Fsp3) is 0.417. The summed E-state index contributed by atoms with van der Waals surface area (Å²) in [5.41, 5.74) is 1.21. The third-order valence-corrected chi connectivity index (χ3v) is 5.50. The first-order valence-corrected chi connectivity index (χ1v) is 10.4. The van der Waals surface area contributed by atoms with E-state index in [9.17, 15) is 4.79 Å². The molecular formula is C24H30N2O5. The third-order valence-electron chi connectivity index (χ3n) is 5.50. The Balaban J connectivity index is 1.75. The van der Waals surface area contributed by atoms with Crippen molar-refractivity contribution in [3.05, 3.63) is 47.5 Å². The number of hydrazone groups is 1. The Bertz CT molecular complexity index is 934. The van der Waals surface area contributed by atoms with E-state index in [2.05, 4.69) is 24.0 Å². The molecule has 0 N–H and O–H groups in total. The lowest BCUT2D eigenvalue weighted by Crippen LogP contribution is -2.39. The normalized spacial score (nSPS) is 18.7. The fourth-order valence-corrected chi connectivity index (χ4v) is 3.74. The van der Waals surface area contributed by atoms with Gasteiger partial charge in [-0.2, -0.15) is 5.10 Å². The van der Waals surface area contributed by atoms with E-state index in [0.717, 1.165) is 18.4 Å². The topological polar surface area (TPSA) is 69.6 Å². The van der Waals surface area contributed by atoms with E-state index in [-0.39, 0.29) is 0 Å². The van der Waals surface area contributed by atoms with Gasteiger partial charge in [0, 0.05) is 12.1 Å². The van der Waals surface area contributed by atoms with Gasteiger partial charge in [-0.15, -0.1) is 0 Å². The van der Waals surface area contributed by atoms with Crippen molar-refractivity contribution in [1.82, 2.24) is 5.01 Å². The molecule has 0 spiro atoms. The smallest absolute Gasteiger partial charge is 0.343 e. The van der Waals surface area contributed by atoms with Crippen molar-refractivity contribution in [3.8, 4) is 23.0 Å². The molecule has 0 unspecified atom stereocenters. The summed E-state index contributed by atoms with van der Waals surface area (Å²) in [5.74, 6) is 1.27. The minimum Gasteiger partial charge on any atom is -0.493 e. The van der Waals surface area contributed by atoms with Crippen LogP contribution in [0.5, 0.6) is 23.0 Å². The number of benzene rings is 2. The minimum atomic E-state index is -0.517. The van der Waals surface area contributed by atoms with E-state index in [4.69, 9.17) is 18.9 Å². The largest absolute Gasteiger partial charge is 0.493 e. The summed E-state index contributed by atoms with van der Waals surface area (Å²) in [6.45, 7) is 4.40. The number of rotatable bonds is 7. The second kappa shape index (κ2) is 10.2. The Kier molecular flexibility index (Phi) is 7.39. The average molecular weight is 427 g/mol. The molecule has 1 saturated heterocycles. The van der Waals surface area contributed by atoms with Gasteiger partial charge in [-0.25, -0.2) is 4.79 Å². The molecule has 0 bridgehead atoms. The number of ether oxygens (including phenoxy) is 4. The molecule has 166 valence electrons. The molecular weight excluding hydrogens is 396 g/mol. The molecule has 0 radical (unpaired) electrons. The van der Waals surface area contributed by atoms with Crippen LogP contribution in [0.25, 0.3) is 0 Å². The predicted octanol–water partition coefficient (Wildman–Crippen LogP) is 4.53. The molecule has 0 saturated carbocycles. The van der Waals surface area contributed by atoms with Crippen LogP contribution >= 0.6 is 0 Å². The number of piperidine rings is 1. The number of carbonyl (C=O) groups excluding carboxylic acids is 1. The highest BCUT2D eigenvalue weighted by Gasteiger charge is 2.22. The maximum atomic E-state index is 12.6. The van der Waals surface area contributed by atoms with E-state index < -0.39 is 5.97 Å². The van der Waals surface area contributed by atoms with Crippen LogP contribution in [0.2, 0.25) is 0 Å². The highest BCUT2D eigenvalue weighted by molar-refractivity contribution is 5.92. The van der Waals surface area contributed by atoms with Crippen LogP contribution in [0.4, 0.5) is 0 Å². The second-order valence-electron chi connectivity index (χ2n) is 7.62. The lowest BCUT2D eigenvalue weighted by Gasteiger charge is -2.36. The highest BCUT2D eigenvalue weighted by atomic mass is 16.6. The quantitative estimate of drug-likeness (QED) is 0.368. The monoisotopic (exact) mass is 426 g/mol. The fourth-order valence-electron chi connectivity index (χ4n) is 3.74. The lowest BCUT2D eigenvalue weighted by molar-refractivity contribution is 0.0729. The van der Waals surface area contributed by atoms with Crippen LogP contribution in [0.15, 0.2) is 41.5 Å². The van der Waals surface area contributed by atoms with Crippen LogP contribution in [0.3, 0.4) is 0 Å². The summed E-state index contributed by atoms with van der Waals surface area (Å²) in [7, 11) is 4.60. The van der Waals surface area contributed by atoms with Crippen LogP contribution in [0.1, 0.15) is 49.0 Å². The van der Waals surface area contributed by atoms with Gasteiger partial charge in [0.05, 0.1) is 33.1 Å². The zero-order chi connectivity index (χ0) is 22.4.